The van der Waals surface area contributed by atoms with E-state index in [1.165, 1.54) is 0 Å². The van der Waals surface area contributed by atoms with E-state index < -0.39 is 5.41 Å². The largest absolute Gasteiger partial charge is 0.346 e. The van der Waals surface area contributed by atoms with Gasteiger partial charge in [-0.1, -0.05) is 60.7 Å². The maximum Gasteiger partial charge on any atom is 0.209 e. The van der Waals surface area contributed by atoms with Crippen LogP contribution in [0.2, 0.25) is 0 Å². The third kappa shape index (κ3) is 3.01. The van der Waals surface area contributed by atoms with Gasteiger partial charge in [0.2, 0.25) is 6.41 Å². The van der Waals surface area contributed by atoms with E-state index in [0.717, 1.165) is 17.5 Å². The predicted octanol–water partition coefficient (Wildman–Crippen LogP) is 3.36. The van der Waals surface area contributed by atoms with Crippen LogP contribution in [-0.4, -0.2) is 24.4 Å². The van der Waals surface area contributed by atoms with E-state index in [1.807, 2.05) is 67.6 Å². The molecule has 0 aliphatic carbocycles. The van der Waals surface area contributed by atoms with Crippen molar-refractivity contribution in [2.75, 3.05) is 7.05 Å². The molecule has 0 aromatic heterocycles. The van der Waals surface area contributed by atoms with Crippen LogP contribution in [0.3, 0.4) is 0 Å². The van der Waals surface area contributed by atoms with Crippen molar-refractivity contribution in [1.82, 2.24) is 4.90 Å². The lowest BCUT2D eigenvalue weighted by Gasteiger charge is -2.33. The van der Waals surface area contributed by atoms with Crippen LogP contribution in [0, 0.1) is 11.3 Å². The first-order valence-electron chi connectivity index (χ1n) is 7.33. The Hall–Kier alpha value is -2.60. The molecule has 0 aliphatic heterocycles. The van der Waals surface area contributed by atoms with Gasteiger partial charge in [-0.3, -0.25) is 4.79 Å². The SMILES string of the molecule is C[C@H](CC(C#N)(c1ccccc1)c1ccccc1)N(C)C=O. The zero-order valence-electron chi connectivity index (χ0n) is 12.9. The number of benzene rings is 2. The van der Waals surface area contributed by atoms with E-state index in [2.05, 4.69) is 6.07 Å². The number of hydrogen-bond donors (Lipinski definition) is 0. The highest BCUT2D eigenvalue weighted by Crippen LogP contribution is 2.36. The van der Waals surface area contributed by atoms with Gasteiger partial charge < -0.3 is 4.90 Å². The van der Waals surface area contributed by atoms with Crippen molar-refractivity contribution >= 4 is 6.41 Å². The Morgan fingerprint density at radius 2 is 1.55 bits per heavy atom. The van der Waals surface area contributed by atoms with Crippen molar-refractivity contribution in [3.8, 4) is 6.07 Å². The molecule has 0 heterocycles. The third-order valence-electron chi connectivity index (χ3n) is 4.19. The fraction of sp³-hybridized carbons (Fsp3) is 0.263. The van der Waals surface area contributed by atoms with Crippen LogP contribution in [0.5, 0.6) is 0 Å². The molecule has 2 rings (SSSR count). The molecule has 1 atom stereocenters. The molecule has 2 aromatic carbocycles. The Kier molecular flexibility index (Phi) is 4.95. The Morgan fingerprint density at radius 1 is 1.09 bits per heavy atom. The van der Waals surface area contributed by atoms with Gasteiger partial charge in [-0.2, -0.15) is 5.26 Å². The average Bonchev–Trinajstić information content (AvgIpc) is 2.60. The normalized spacial score (nSPS) is 12.2. The van der Waals surface area contributed by atoms with Crippen LogP contribution < -0.4 is 0 Å². The quantitative estimate of drug-likeness (QED) is 0.766. The summed E-state index contributed by atoms with van der Waals surface area (Å²) in [5.41, 5.74) is 1.14. The zero-order chi connectivity index (χ0) is 16.0. The summed E-state index contributed by atoms with van der Waals surface area (Å²) >= 11 is 0. The number of amides is 1. The molecule has 0 fully saturated rings. The minimum atomic E-state index is -0.765. The summed E-state index contributed by atoms with van der Waals surface area (Å²) in [5, 5.41) is 10.0. The van der Waals surface area contributed by atoms with Gasteiger partial charge in [-0.25, -0.2) is 0 Å². The summed E-state index contributed by atoms with van der Waals surface area (Å²) in [6, 6.07) is 22.0. The summed E-state index contributed by atoms with van der Waals surface area (Å²) in [4.78, 5) is 12.6. The first-order valence-corrected chi connectivity index (χ1v) is 7.33. The fourth-order valence-electron chi connectivity index (χ4n) is 2.71. The van der Waals surface area contributed by atoms with Crippen LogP contribution >= 0.6 is 0 Å². The van der Waals surface area contributed by atoms with Crippen molar-refractivity contribution in [2.45, 2.75) is 24.8 Å². The smallest absolute Gasteiger partial charge is 0.209 e. The van der Waals surface area contributed by atoms with E-state index in [-0.39, 0.29) is 6.04 Å². The summed E-state index contributed by atoms with van der Waals surface area (Å²) in [6.45, 7) is 1.96. The highest BCUT2D eigenvalue weighted by Gasteiger charge is 2.36. The predicted molar refractivity (Wildman–Crippen MR) is 87.2 cm³/mol. The lowest BCUT2D eigenvalue weighted by Crippen LogP contribution is -2.37. The Bertz CT molecular complexity index is 607. The number of nitrogens with zero attached hydrogens (tertiary/aromatic N) is 2. The summed E-state index contributed by atoms with van der Waals surface area (Å²) < 4.78 is 0. The van der Waals surface area contributed by atoms with Crippen molar-refractivity contribution in [3.05, 3.63) is 71.8 Å². The van der Waals surface area contributed by atoms with E-state index in [9.17, 15) is 10.1 Å². The lowest BCUT2D eigenvalue weighted by atomic mass is 9.71. The van der Waals surface area contributed by atoms with Crippen molar-refractivity contribution in [1.29, 1.82) is 5.26 Å². The molecular weight excluding hydrogens is 272 g/mol. The molecule has 3 heteroatoms. The number of rotatable bonds is 6. The number of hydrogen-bond acceptors (Lipinski definition) is 2. The molecule has 0 N–H and O–H groups in total. The van der Waals surface area contributed by atoms with Crippen LogP contribution in [0.15, 0.2) is 60.7 Å². The standard InChI is InChI=1S/C19H20N2O/c1-16(21(2)15-22)13-19(14-20,17-9-5-3-6-10-17)18-11-7-4-8-12-18/h3-12,15-16H,13H2,1-2H3/t16-/m1/s1. The van der Waals surface area contributed by atoms with Crippen LogP contribution in [0.4, 0.5) is 0 Å². The molecule has 0 aliphatic rings. The Labute approximate surface area is 131 Å². The van der Waals surface area contributed by atoms with Crippen molar-refractivity contribution < 1.29 is 4.79 Å². The summed E-state index contributed by atoms with van der Waals surface area (Å²) in [5.74, 6) is 0. The van der Waals surface area contributed by atoms with Gasteiger partial charge in [0.1, 0.15) is 5.41 Å². The first kappa shape index (κ1) is 15.8. The van der Waals surface area contributed by atoms with Crippen molar-refractivity contribution in [2.24, 2.45) is 0 Å². The van der Waals surface area contributed by atoms with E-state index >= 15 is 0 Å². The minimum Gasteiger partial charge on any atom is -0.346 e. The van der Waals surface area contributed by atoms with Crippen molar-refractivity contribution in [3.63, 3.8) is 0 Å². The molecule has 0 unspecified atom stereocenters. The molecule has 1 amide bonds. The Morgan fingerprint density at radius 3 is 1.91 bits per heavy atom. The lowest BCUT2D eigenvalue weighted by molar-refractivity contribution is -0.118. The molecule has 0 spiro atoms. The Balaban J connectivity index is 2.54. The second-order valence-corrected chi connectivity index (χ2v) is 5.57. The molecular formula is C19H20N2O. The average molecular weight is 292 g/mol. The van der Waals surface area contributed by atoms with Gasteiger partial charge in [-0.15, -0.1) is 0 Å². The van der Waals surface area contributed by atoms with E-state index in [0.29, 0.717) is 6.42 Å². The van der Waals surface area contributed by atoms with Crippen LogP contribution in [-0.2, 0) is 10.2 Å². The van der Waals surface area contributed by atoms with Gasteiger partial charge in [0.15, 0.2) is 0 Å². The molecule has 0 radical (unpaired) electrons. The second kappa shape index (κ2) is 6.91. The molecule has 0 saturated heterocycles. The maximum atomic E-state index is 11.0. The molecule has 0 saturated carbocycles. The molecule has 2 aromatic rings. The second-order valence-electron chi connectivity index (χ2n) is 5.57. The summed E-state index contributed by atoms with van der Waals surface area (Å²) in [6.07, 6.45) is 1.36. The number of carbonyl (C=O) groups excluding carboxylic acids is 1. The number of nitriles is 1. The maximum absolute atomic E-state index is 11.0. The number of carbonyl (C=O) groups is 1. The summed E-state index contributed by atoms with van der Waals surface area (Å²) in [7, 11) is 1.75. The van der Waals surface area contributed by atoms with Gasteiger partial charge in [0.25, 0.3) is 0 Å². The fourth-order valence-corrected chi connectivity index (χ4v) is 2.71. The minimum absolute atomic E-state index is 0.0439. The van der Waals surface area contributed by atoms with Gasteiger partial charge >= 0.3 is 0 Å². The van der Waals surface area contributed by atoms with E-state index in [1.54, 1.807) is 11.9 Å². The molecule has 22 heavy (non-hydrogen) atoms. The van der Waals surface area contributed by atoms with Gasteiger partial charge in [0.05, 0.1) is 6.07 Å². The van der Waals surface area contributed by atoms with E-state index in [4.69, 9.17) is 0 Å². The van der Waals surface area contributed by atoms with Gasteiger partial charge in [0, 0.05) is 13.1 Å². The molecule has 112 valence electrons. The van der Waals surface area contributed by atoms with Gasteiger partial charge in [-0.05, 0) is 24.5 Å². The third-order valence-corrected chi connectivity index (χ3v) is 4.19. The van der Waals surface area contributed by atoms with Crippen LogP contribution in [0.1, 0.15) is 24.5 Å². The van der Waals surface area contributed by atoms with Crippen LogP contribution in [0.25, 0.3) is 0 Å². The highest BCUT2D eigenvalue weighted by atomic mass is 16.1. The first-order chi connectivity index (χ1) is 10.6. The zero-order valence-corrected chi connectivity index (χ0v) is 12.9. The molecule has 0 bridgehead atoms. The molecule has 3 nitrogen and oxygen atoms in total. The topological polar surface area (TPSA) is 44.1 Å². The highest BCUT2D eigenvalue weighted by molar-refractivity contribution is 5.49. The monoisotopic (exact) mass is 292 g/mol.